The van der Waals surface area contributed by atoms with Gasteiger partial charge in [0.1, 0.15) is 0 Å². The standard InChI is InChI=1S/C24H20Cl2F3N3S2/c1-12(2)33-22-21(15-5-6-19(25)20(26)10-15)30-23(34-22)32-11-18(14(4)31-32)16-7-13(3)8-17(9-16)24(27,28)29/h5-12H,1-4H3. The lowest BCUT2D eigenvalue weighted by atomic mass is 10.0. The highest BCUT2D eigenvalue weighted by Gasteiger charge is 2.31. The third-order valence-electron chi connectivity index (χ3n) is 4.93. The van der Waals surface area contributed by atoms with Crippen molar-refractivity contribution in [1.82, 2.24) is 14.8 Å². The molecule has 0 atom stereocenters. The molecule has 3 nitrogen and oxygen atoms in total. The van der Waals surface area contributed by atoms with E-state index in [9.17, 15) is 13.2 Å². The Morgan fingerprint density at radius 1 is 1.00 bits per heavy atom. The molecule has 178 valence electrons. The zero-order valence-corrected chi connectivity index (χ0v) is 21.8. The van der Waals surface area contributed by atoms with E-state index >= 15 is 0 Å². The fraction of sp³-hybridized carbons (Fsp3) is 0.250. The van der Waals surface area contributed by atoms with Crippen LogP contribution in [0.1, 0.15) is 30.7 Å². The van der Waals surface area contributed by atoms with Crippen molar-refractivity contribution in [1.29, 1.82) is 0 Å². The molecule has 4 rings (SSSR count). The lowest BCUT2D eigenvalue weighted by Crippen LogP contribution is -2.05. The first-order valence-electron chi connectivity index (χ1n) is 10.3. The molecule has 0 N–H and O–H groups in total. The number of rotatable bonds is 5. The van der Waals surface area contributed by atoms with Crippen LogP contribution in [0, 0.1) is 13.8 Å². The zero-order valence-electron chi connectivity index (χ0n) is 18.7. The van der Waals surface area contributed by atoms with Crippen LogP contribution in [-0.2, 0) is 6.18 Å². The molecule has 0 bridgehead atoms. The lowest BCUT2D eigenvalue weighted by molar-refractivity contribution is -0.137. The SMILES string of the molecule is Cc1cc(-c2cn(-c3nc(-c4ccc(Cl)c(Cl)c4)c(SC(C)C)s3)nc2C)cc(C(F)(F)F)c1. The van der Waals surface area contributed by atoms with Crippen molar-refractivity contribution in [2.75, 3.05) is 0 Å². The molecule has 0 saturated heterocycles. The van der Waals surface area contributed by atoms with E-state index in [1.165, 1.54) is 11.3 Å². The molecular weight excluding hydrogens is 522 g/mol. The Kier molecular flexibility index (Phi) is 7.06. The van der Waals surface area contributed by atoms with Crippen molar-refractivity contribution < 1.29 is 13.2 Å². The molecule has 4 aromatic rings. The monoisotopic (exact) mass is 541 g/mol. The van der Waals surface area contributed by atoms with E-state index in [1.807, 2.05) is 6.07 Å². The Labute approximate surface area is 213 Å². The molecule has 0 unspecified atom stereocenters. The van der Waals surface area contributed by atoms with Crippen LogP contribution >= 0.6 is 46.3 Å². The molecule has 0 aliphatic heterocycles. The second-order valence-corrected chi connectivity index (χ2v) is 11.7. The fourth-order valence-corrected chi connectivity index (χ4v) is 6.20. The lowest BCUT2D eigenvalue weighted by Gasteiger charge is -2.10. The second kappa shape index (κ2) is 9.57. The van der Waals surface area contributed by atoms with Gasteiger partial charge in [0.2, 0.25) is 5.13 Å². The minimum absolute atomic E-state index is 0.317. The van der Waals surface area contributed by atoms with Gasteiger partial charge in [-0.3, -0.25) is 0 Å². The van der Waals surface area contributed by atoms with E-state index in [4.69, 9.17) is 28.2 Å². The van der Waals surface area contributed by atoms with Gasteiger partial charge in [0, 0.05) is 22.6 Å². The Bertz CT molecular complexity index is 1360. The molecule has 2 heterocycles. The smallest absolute Gasteiger partial charge is 0.217 e. The number of aryl methyl sites for hydroxylation is 2. The molecule has 0 aliphatic carbocycles. The number of nitrogens with zero attached hydrogens (tertiary/aromatic N) is 3. The summed E-state index contributed by atoms with van der Waals surface area (Å²) in [5, 5.41) is 6.39. The minimum Gasteiger partial charge on any atom is -0.217 e. The molecule has 34 heavy (non-hydrogen) atoms. The zero-order chi connectivity index (χ0) is 24.8. The Balaban J connectivity index is 1.80. The maximum absolute atomic E-state index is 13.4. The van der Waals surface area contributed by atoms with Crippen LogP contribution < -0.4 is 0 Å². The summed E-state index contributed by atoms with van der Waals surface area (Å²) >= 11 is 15.5. The number of alkyl halides is 3. The van der Waals surface area contributed by atoms with E-state index in [0.717, 1.165) is 27.6 Å². The van der Waals surface area contributed by atoms with Gasteiger partial charge in [0.15, 0.2) is 0 Å². The molecule has 0 radical (unpaired) electrons. The van der Waals surface area contributed by atoms with E-state index < -0.39 is 11.7 Å². The topological polar surface area (TPSA) is 30.7 Å². The van der Waals surface area contributed by atoms with Gasteiger partial charge in [-0.25, -0.2) is 9.67 Å². The van der Waals surface area contributed by atoms with Gasteiger partial charge in [-0.05, 0) is 49.2 Å². The number of aromatic nitrogens is 3. The largest absolute Gasteiger partial charge is 0.416 e. The first-order valence-corrected chi connectivity index (χ1v) is 12.8. The molecule has 2 aromatic heterocycles. The first-order chi connectivity index (χ1) is 15.9. The van der Waals surface area contributed by atoms with Crippen molar-refractivity contribution in [3.8, 4) is 27.5 Å². The summed E-state index contributed by atoms with van der Waals surface area (Å²) in [6, 6.07) is 9.40. The number of hydrogen-bond acceptors (Lipinski definition) is 4. The van der Waals surface area contributed by atoms with Crippen molar-refractivity contribution in [2.24, 2.45) is 0 Å². The van der Waals surface area contributed by atoms with Gasteiger partial charge in [-0.2, -0.15) is 18.3 Å². The Hall–Kier alpha value is -2.00. The molecule has 0 fully saturated rings. The normalized spacial score (nSPS) is 12.1. The van der Waals surface area contributed by atoms with Crippen LogP contribution in [-0.4, -0.2) is 20.0 Å². The molecule has 10 heteroatoms. The number of thiazole rings is 1. The number of hydrogen-bond donors (Lipinski definition) is 0. The number of halogens is 5. The van der Waals surface area contributed by atoms with E-state index in [2.05, 4.69) is 18.9 Å². The summed E-state index contributed by atoms with van der Waals surface area (Å²) in [6.45, 7) is 7.61. The molecule has 2 aromatic carbocycles. The van der Waals surface area contributed by atoms with Crippen LogP contribution in [0.25, 0.3) is 27.5 Å². The Morgan fingerprint density at radius 2 is 1.74 bits per heavy atom. The maximum atomic E-state index is 13.4. The third-order valence-corrected chi connectivity index (χ3v) is 7.93. The van der Waals surface area contributed by atoms with Crippen molar-refractivity contribution in [2.45, 2.75) is 43.3 Å². The van der Waals surface area contributed by atoms with E-state index in [1.54, 1.807) is 54.7 Å². The predicted octanol–water partition coefficient (Wildman–Crippen LogP) is 9.11. The summed E-state index contributed by atoms with van der Waals surface area (Å²) in [7, 11) is 0. The number of benzene rings is 2. The third kappa shape index (κ3) is 5.30. The molecule has 0 aliphatic rings. The highest BCUT2D eigenvalue weighted by Crippen LogP contribution is 2.41. The van der Waals surface area contributed by atoms with Crippen LogP contribution in [0.5, 0.6) is 0 Å². The van der Waals surface area contributed by atoms with Gasteiger partial charge in [0.05, 0.1) is 31.2 Å². The molecular formula is C24H20Cl2F3N3S2. The molecule has 0 spiro atoms. The maximum Gasteiger partial charge on any atom is 0.416 e. The average Bonchev–Trinajstić information content (AvgIpc) is 3.32. The second-order valence-electron chi connectivity index (χ2n) is 8.09. The van der Waals surface area contributed by atoms with Gasteiger partial charge >= 0.3 is 6.18 Å². The van der Waals surface area contributed by atoms with Crippen LogP contribution in [0.15, 0.2) is 46.8 Å². The van der Waals surface area contributed by atoms with Gasteiger partial charge in [0.25, 0.3) is 0 Å². The quantitative estimate of drug-likeness (QED) is 0.236. The number of thioether (sulfide) groups is 1. The molecule has 0 saturated carbocycles. The van der Waals surface area contributed by atoms with Gasteiger partial charge < -0.3 is 0 Å². The van der Waals surface area contributed by atoms with Gasteiger partial charge in [-0.15, -0.1) is 11.8 Å². The Morgan fingerprint density at radius 3 is 2.38 bits per heavy atom. The minimum atomic E-state index is -4.42. The van der Waals surface area contributed by atoms with Crippen molar-refractivity contribution in [3.63, 3.8) is 0 Å². The van der Waals surface area contributed by atoms with Crippen molar-refractivity contribution in [3.05, 3.63) is 69.5 Å². The van der Waals surface area contributed by atoms with E-state index in [-0.39, 0.29) is 0 Å². The summed E-state index contributed by atoms with van der Waals surface area (Å²) < 4.78 is 42.7. The summed E-state index contributed by atoms with van der Waals surface area (Å²) in [4.78, 5) is 4.81. The van der Waals surface area contributed by atoms with Crippen LogP contribution in [0.3, 0.4) is 0 Å². The van der Waals surface area contributed by atoms with Gasteiger partial charge in [-0.1, -0.05) is 60.5 Å². The first kappa shape index (κ1) is 25.1. The highest BCUT2D eigenvalue weighted by molar-refractivity contribution is 8.01. The van der Waals surface area contributed by atoms with E-state index in [0.29, 0.717) is 42.8 Å². The average molecular weight is 542 g/mol. The summed E-state index contributed by atoms with van der Waals surface area (Å²) in [5.74, 6) is 0. The fourth-order valence-electron chi connectivity index (χ4n) is 3.46. The molecule has 0 amide bonds. The highest BCUT2D eigenvalue weighted by atomic mass is 35.5. The van der Waals surface area contributed by atoms with Crippen LogP contribution in [0.4, 0.5) is 13.2 Å². The van der Waals surface area contributed by atoms with Crippen molar-refractivity contribution >= 4 is 46.3 Å². The summed E-state index contributed by atoms with van der Waals surface area (Å²) in [5.41, 5.74) is 3.15. The van der Waals surface area contributed by atoms with Crippen LogP contribution in [0.2, 0.25) is 10.0 Å². The predicted molar refractivity (Wildman–Crippen MR) is 136 cm³/mol. The summed E-state index contributed by atoms with van der Waals surface area (Å²) in [6.07, 6.45) is -2.69.